The van der Waals surface area contributed by atoms with Gasteiger partial charge in [-0.15, -0.1) is 0 Å². The van der Waals surface area contributed by atoms with E-state index in [9.17, 15) is 18.0 Å². The highest BCUT2D eigenvalue weighted by Gasteiger charge is 2.28. The van der Waals surface area contributed by atoms with Crippen LogP contribution in [0.1, 0.15) is 41.3 Å². The van der Waals surface area contributed by atoms with Crippen LogP contribution >= 0.6 is 0 Å². The first-order chi connectivity index (χ1) is 14.2. The Morgan fingerprint density at radius 2 is 1.77 bits per heavy atom. The lowest BCUT2D eigenvalue weighted by molar-refractivity contribution is -0.131. The molecule has 160 valence electrons. The summed E-state index contributed by atoms with van der Waals surface area (Å²) in [5.74, 6) is -0.291. The summed E-state index contributed by atoms with van der Waals surface area (Å²) in [6, 6.07) is 11.5. The highest BCUT2D eigenvalue weighted by Crippen LogP contribution is 2.21. The lowest BCUT2D eigenvalue weighted by Gasteiger charge is -2.32. The van der Waals surface area contributed by atoms with Crippen molar-refractivity contribution in [3.05, 3.63) is 59.2 Å². The minimum Gasteiger partial charge on any atom is -0.427 e. The third-order valence-corrected chi connectivity index (χ3v) is 6.75. The number of amides is 1. The van der Waals surface area contributed by atoms with Crippen molar-refractivity contribution in [2.45, 2.75) is 44.6 Å². The molecule has 1 fully saturated rings. The number of hydrogen-bond donors (Lipinski definition) is 1. The SMILES string of the molecule is CC(=O)Oc1cccc(C(=O)N2CCC(NS(=O)(=O)c3ccc(C)cc3C)CC2)c1. The van der Waals surface area contributed by atoms with Crippen molar-refractivity contribution in [2.75, 3.05) is 13.1 Å². The smallest absolute Gasteiger partial charge is 0.308 e. The Hall–Kier alpha value is -2.71. The van der Waals surface area contributed by atoms with Gasteiger partial charge in [0.05, 0.1) is 4.90 Å². The van der Waals surface area contributed by atoms with Gasteiger partial charge in [-0.3, -0.25) is 9.59 Å². The van der Waals surface area contributed by atoms with E-state index in [1.54, 1.807) is 48.2 Å². The summed E-state index contributed by atoms with van der Waals surface area (Å²) in [7, 11) is -3.62. The molecule has 0 radical (unpaired) electrons. The van der Waals surface area contributed by atoms with Crippen molar-refractivity contribution in [2.24, 2.45) is 0 Å². The molecule has 0 bridgehead atoms. The quantitative estimate of drug-likeness (QED) is 0.582. The number of nitrogens with zero attached hydrogens (tertiary/aromatic N) is 1. The molecule has 30 heavy (non-hydrogen) atoms. The number of esters is 1. The monoisotopic (exact) mass is 430 g/mol. The van der Waals surface area contributed by atoms with Crippen molar-refractivity contribution >= 4 is 21.9 Å². The highest BCUT2D eigenvalue weighted by atomic mass is 32.2. The van der Waals surface area contributed by atoms with Crippen LogP contribution in [0.2, 0.25) is 0 Å². The Morgan fingerprint density at radius 1 is 1.07 bits per heavy atom. The Kier molecular flexibility index (Phi) is 6.58. The molecule has 2 aromatic rings. The largest absolute Gasteiger partial charge is 0.427 e. The lowest BCUT2D eigenvalue weighted by Crippen LogP contribution is -2.46. The summed E-state index contributed by atoms with van der Waals surface area (Å²) < 4.78 is 33.3. The van der Waals surface area contributed by atoms with Crippen molar-refractivity contribution < 1.29 is 22.7 Å². The number of ether oxygens (including phenoxy) is 1. The van der Waals surface area contributed by atoms with Gasteiger partial charge in [-0.05, 0) is 56.5 Å². The average Bonchev–Trinajstić information content (AvgIpc) is 2.67. The molecule has 1 aliphatic rings. The van der Waals surface area contributed by atoms with Gasteiger partial charge < -0.3 is 9.64 Å². The molecule has 0 atom stereocenters. The number of sulfonamides is 1. The lowest BCUT2D eigenvalue weighted by atomic mass is 10.0. The normalized spacial score (nSPS) is 15.1. The van der Waals surface area contributed by atoms with Gasteiger partial charge in [0.15, 0.2) is 0 Å². The average molecular weight is 431 g/mol. The van der Waals surface area contributed by atoms with Crippen LogP contribution in [0.25, 0.3) is 0 Å². The summed E-state index contributed by atoms with van der Waals surface area (Å²) in [5, 5.41) is 0. The maximum absolute atomic E-state index is 12.8. The van der Waals surface area contributed by atoms with E-state index in [2.05, 4.69) is 4.72 Å². The third kappa shape index (κ3) is 5.25. The molecule has 7 nitrogen and oxygen atoms in total. The van der Waals surface area contributed by atoms with E-state index in [4.69, 9.17) is 4.74 Å². The van der Waals surface area contributed by atoms with Crippen LogP contribution in [0.5, 0.6) is 5.75 Å². The standard InChI is InChI=1S/C22H26N2O5S/c1-15-7-8-21(16(2)13-15)30(27,28)23-19-9-11-24(12-10-19)22(26)18-5-4-6-20(14-18)29-17(3)25/h4-8,13-14,19,23H,9-12H2,1-3H3. The van der Waals surface area contributed by atoms with Crippen LogP contribution in [0, 0.1) is 13.8 Å². The molecule has 0 aromatic heterocycles. The van der Waals surface area contributed by atoms with Gasteiger partial charge in [-0.1, -0.05) is 23.8 Å². The molecule has 3 rings (SSSR count). The summed E-state index contributed by atoms with van der Waals surface area (Å²) in [6.07, 6.45) is 1.05. The summed E-state index contributed by atoms with van der Waals surface area (Å²) in [5.41, 5.74) is 2.15. The minimum atomic E-state index is -3.62. The van der Waals surface area contributed by atoms with Crippen LogP contribution in [0.15, 0.2) is 47.4 Å². The molecule has 1 amide bonds. The second-order valence-electron chi connectivity index (χ2n) is 7.58. The zero-order valence-corrected chi connectivity index (χ0v) is 18.2. The van der Waals surface area contributed by atoms with Gasteiger partial charge in [-0.2, -0.15) is 0 Å². The fraction of sp³-hybridized carbons (Fsp3) is 0.364. The number of hydrogen-bond acceptors (Lipinski definition) is 5. The fourth-order valence-corrected chi connectivity index (χ4v) is 5.16. The molecule has 2 aromatic carbocycles. The van der Waals surface area contributed by atoms with E-state index >= 15 is 0 Å². The van der Waals surface area contributed by atoms with Gasteiger partial charge in [0.2, 0.25) is 10.0 Å². The number of rotatable bonds is 5. The Bertz CT molecular complexity index is 1060. The highest BCUT2D eigenvalue weighted by molar-refractivity contribution is 7.89. The maximum Gasteiger partial charge on any atom is 0.308 e. The summed E-state index contributed by atoms with van der Waals surface area (Å²) >= 11 is 0. The first-order valence-corrected chi connectivity index (χ1v) is 11.3. The number of likely N-dealkylation sites (tertiary alicyclic amines) is 1. The van der Waals surface area contributed by atoms with Crippen LogP contribution in [0.4, 0.5) is 0 Å². The minimum absolute atomic E-state index is 0.167. The molecule has 0 unspecified atom stereocenters. The van der Waals surface area contributed by atoms with E-state index < -0.39 is 16.0 Å². The zero-order chi connectivity index (χ0) is 21.9. The van der Waals surface area contributed by atoms with Crippen molar-refractivity contribution in [1.82, 2.24) is 9.62 Å². The van der Waals surface area contributed by atoms with Gasteiger partial charge in [-0.25, -0.2) is 13.1 Å². The van der Waals surface area contributed by atoms with Crippen molar-refractivity contribution in [3.63, 3.8) is 0 Å². The Balaban J connectivity index is 1.62. The van der Waals surface area contributed by atoms with E-state index in [1.807, 2.05) is 13.0 Å². The maximum atomic E-state index is 12.8. The predicted molar refractivity (Wildman–Crippen MR) is 113 cm³/mol. The van der Waals surface area contributed by atoms with Crippen molar-refractivity contribution in [1.29, 1.82) is 0 Å². The third-order valence-electron chi connectivity index (χ3n) is 5.07. The first kappa shape index (κ1) is 22.0. The van der Waals surface area contributed by atoms with E-state index in [1.165, 1.54) is 6.92 Å². The summed E-state index contributed by atoms with van der Waals surface area (Å²) in [6.45, 7) is 5.89. The van der Waals surface area contributed by atoms with Gasteiger partial charge in [0.25, 0.3) is 5.91 Å². The molecule has 0 aliphatic carbocycles. The second-order valence-corrected chi connectivity index (χ2v) is 9.26. The van der Waals surface area contributed by atoms with Crippen LogP contribution < -0.4 is 9.46 Å². The van der Waals surface area contributed by atoms with E-state index in [0.717, 1.165) is 5.56 Å². The molecule has 1 saturated heterocycles. The van der Waals surface area contributed by atoms with Crippen molar-refractivity contribution in [3.8, 4) is 5.75 Å². The fourth-order valence-electron chi connectivity index (χ4n) is 3.63. The van der Waals surface area contributed by atoms with Crippen LogP contribution in [0.3, 0.4) is 0 Å². The van der Waals surface area contributed by atoms with Gasteiger partial charge in [0.1, 0.15) is 5.75 Å². The number of carbonyl (C=O) groups is 2. The number of piperidine rings is 1. The van der Waals surface area contributed by atoms with E-state index in [-0.39, 0.29) is 16.8 Å². The number of carbonyl (C=O) groups excluding carboxylic acids is 2. The molecule has 0 spiro atoms. The molecule has 1 aliphatic heterocycles. The molecule has 1 N–H and O–H groups in total. The number of aryl methyl sites for hydroxylation is 2. The van der Waals surface area contributed by atoms with Crippen LogP contribution in [-0.2, 0) is 14.8 Å². The number of nitrogens with one attached hydrogen (secondary N) is 1. The molecule has 0 saturated carbocycles. The van der Waals surface area contributed by atoms with Crippen LogP contribution in [-0.4, -0.2) is 44.3 Å². The zero-order valence-electron chi connectivity index (χ0n) is 17.3. The topological polar surface area (TPSA) is 92.8 Å². The van der Waals surface area contributed by atoms with Gasteiger partial charge >= 0.3 is 5.97 Å². The molecule has 8 heteroatoms. The van der Waals surface area contributed by atoms with Gasteiger partial charge in [0, 0.05) is 31.6 Å². The second kappa shape index (κ2) is 8.97. The first-order valence-electron chi connectivity index (χ1n) is 9.83. The Morgan fingerprint density at radius 3 is 2.40 bits per heavy atom. The Labute approximate surface area is 177 Å². The molecular weight excluding hydrogens is 404 g/mol. The summed E-state index contributed by atoms with van der Waals surface area (Å²) in [4.78, 5) is 25.9. The molecular formula is C22H26N2O5S. The predicted octanol–water partition coefficient (Wildman–Crippen LogP) is 2.81. The molecule has 1 heterocycles. The number of benzene rings is 2. The van der Waals surface area contributed by atoms with E-state index in [0.29, 0.717) is 42.8 Å².